The van der Waals surface area contributed by atoms with Crippen LogP contribution in [0.2, 0.25) is 0 Å². The molecule has 60 heavy (non-hydrogen) atoms. The average molecular weight is 862 g/mol. The normalized spacial score (nSPS) is 13.9. The summed E-state index contributed by atoms with van der Waals surface area (Å²) in [5.74, 6) is -0.878. The van der Waals surface area contributed by atoms with Crippen LogP contribution in [0.1, 0.15) is 200 Å². The van der Waals surface area contributed by atoms with Crippen LogP contribution in [0, 0.1) is 0 Å². The quantitative estimate of drug-likeness (QED) is 0.0266. The predicted molar refractivity (Wildman–Crippen MR) is 252 cm³/mol. The average Bonchev–Trinajstić information content (AvgIpc) is 3.24. The Bertz CT molecular complexity index is 1210. The first kappa shape index (κ1) is 57.4. The molecule has 346 valence electrons. The summed E-state index contributed by atoms with van der Waals surface area (Å²) >= 11 is 0. The minimum Gasteiger partial charge on any atom is -0.462 e. The molecule has 0 aliphatic rings. The molecule has 0 aromatic carbocycles. The predicted octanol–water partition coefficient (Wildman–Crippen LogP) is 14.2. The zero-order valence-electron chi connectivity index (χ0n) is 38.2. The van der Waals surface area contributed by atoms with E-state index < -0.39 is 32.5 Å². The lowest BCUT2D eigenvalue weighted by molar-refractivity contribution is -0.161. The second-order valence-corrected chi connectivity index (χ2v) is 17.1. The number of hydrogen-bond donors (Lipinski definition) is 2. The lowest BCUT2D eigenvalue weighted by Gasteiger charge is -2.19. The number of phosphoric ester groups is 1. The number of unbranched alkanes of at least 4 members (excludes halogenated alkanes) is 19. The van der Waals surface area contributed by atoms with Gasteiger partial charge in [-0.1, -0.05) is 196 Å². The fourth-order valence-electron chi connectivity index (χ4n) is 6.34. The summed E-state index contributed by atoms with van der Waals surface area (Å²) in [7, 11) is -4.40. The molecule has 0 aromatic rings. The number of phosphoric acid groups is 1. The third-order valence-corrected chi connectivity index (χ3v) is 10.8. The van der Waals surface area contributed by atoms with Crippen molar-refractivity contribution < 1.29 is 37.6 Å². The standard InChI is InChI=1S/C50H88NO8P/c1-3-5-7-9-11-13-15-17-19-21-23-24-25-27-29-31-33-35-37-39-41-43-50(53)59-48(47-58-60(54,55)57-45-44-51)46-56-49(52)42-40-38-36-34-32-30-28-26-22-20-18-16-14-12-10-8-6-4-2/h5,7,11,13,17,19,23-24,27,29,33,35,48H,3-4,6,8-10,12,14-16,18,20-22,25-26,28,30-32,34,36-47,51H2,1-2H3,(H,54,55)/b7-5-,13-11-,19-17-,24-23-,29-27-,35-33-. The van der Waals surface area contributed by atoms with E-state index in [1.165, 1.54) is 96.3 Å². The van der Waals surface area contributed by atoms with Crippen molar-refractivity contribution in [2.24, 2.45) is 5.73 Å². The van der Waals surface area contributed by atoms with Gasteiger partial charge in [0.2, 0.25) is 0 Å². The number of carbonyl (C=O) groups is 2. The molecule has 0 amide bonds. The van der Waals surface area contributed by atoms with Gasteiger partial charge >= 0.3 is 19.8 Å². The number of carbonyl (C=O) groups excluding carboxylic acids is 2. The van der Waals surface area contributed by atoms with Gasteiger partial charge in [-0.3, -0.25) is 18.6 Å². The third kappa shape index (κ3) is 45.0. The number of ether oxygens (including phenoxy) is 2. The molecule has 9 nitrogen and oxygen atoms in total. The Morgan fingerprint density at radius 1 is 0.517 bits per heavy atom. The second-order valence-electron chi connectivity index (χ2n) is 15.6. The van der Waals surface area contributed by atoms with E-state index in [-0.39, 0.29) is 32.6 Å². The molecule has 0 fully saturated rings. The molecule has 0 spiro atoms. The molecule has 0 heterocycles. The van der Waals surface area contributed by atoms with E-state index in [9.17, 15) is 19.0 Å². The monoisotopic (exact) mass is 862 g/mol. The van der Waals surface area contributed by atoms with E-state index in [1.54, 1.807) is 0 Å². The van der Waals surface area contributed by atoms with E-state index in [1.807, 2.05) is 0 Å². The molecule has 0 bridgehead atoms. The Kier molecular flexibility index (Phi) is 44.0. The Balaban J connectivity index is 4.19. The Labute approximate surface area is 367 Å². The maximum Gasteiger partial charge on any atom is 0.472 e. The first-order valence-electron chi connectivity index (χ1n) is 23.9. The van der Waals surface area contributed by atoms with Crippen molar-refractivity contribution in [1.29, 1.82) is 0 Å². The summed E-state index contributed by atoms with van der Waals surface area (Å²) in [6.07, 6.45) is 56.5. The van der Waals surface area contributed by atoms with Crippen LogP contribution in [0.4, 0.5) is 0 Å². The number of allylic oxidation sites excluding steroid dienone is 12. The number of hydrogen-bond acceptors (Lipinski definition) is 8. The van der Waals surface area contributed by atoms with Gasteiger partial charge in [0.1, 0.15) is 6.61 Å². The fourth-order valence-corrected chi connectivity index (χ4v) is 7.11. The highest BCUT2D eigenvalue weighted by atomic mass is 31.2. The van der Waals surface area contributed by atoms with Gasteiger partial charge in [-0.05, 0) is 64.2 Å². The molecule has 0 aromatic heterocycles. The number of rotatable bonds is 44. The van der Waals surface area contributed by atoms with Crippen LogP contribution in [0.3, 0.4) is 0 Å². The molecule has 0 radical (unpaired) electrons. The van der Waals surface area contributed by atoms with E-state index in [2.05, 4.69) is 86.8 Å². The molecule has 0 saturated carbocycles. The third-order valence-electron chi connectivity index (χ3n) is 9.86. The van der Waals surface area contributed by atoms with Crippen molar-refractivity contribution >= 4 is 19.8 Å². The van der Waals surface area contributed by atoms with Gasteiger partial charge < -0.3 is 20.1 Å². The van der Waals surface area contributed by atoms with Crippen LogP contribution in [0.15, 0.2) is 72.9 Å². The van der Waals surface area contributed by atoms with Crippen molar-refractivity contribution in [3.8, 4) is 0 Å². The van der Waals surface area contributed by atoms with Gasteiger partial charge in [-0.15, -0.1) is 0 Å². The Hall–Kier alpha value is -2.55. The molecular weight excluding hydrogens is 774 g/mol. The first-order valence-corrected chi connectivity index (χ1v) is 25.4. The molecule has 2 unspecified atom stereocenters. The summed E-state index contributed by atoms with van der Waals surface area (Å²) in [5.41, 5.74) is 5.36. The maximum absolute atomic E-state index is 12.6. The summed E-state index contributed by atoms with van der Waals surface area (Å²) in [6, 6.07) is 0. The maximum atomic E-state index is 12.6. The zero-order chi connectivity index (χ0) is 43.9. The highest BCUT2D eigenvalue weighted by Crippen LogP contribution is 2.43. The van der Waals surface area contributed by atoms with Gasteiger partial charge in [-0.2, -0.15) is 0 Å². The Morgan fingerprint density at radius 3 is 1.37 bits per heavy atom. The lowest BCUT2D eigenvalue weighted by atomic mass is 10.0. The highest BCUT2D eigenvalue weighted by Gasteiger charge is 2.26. The van der Waals surface area contributed by atoms with Crippen LogP contribution in [-0.4, -0.2) is 49.3 Å². The van der Waals surface area contributed by atoms with Crippen LogP contribution in [0.25, 0.3) is 0 Å². The van der Waals surface area contributed by atoms with Crippen LogP contribution >= 0.6 is 7.82 Å². The molecule has 3 N–H and O–H groups in total. The smallest absolute Gasteiger partial charge is 0.462 e. The van der Waals surface area contributed by atoms with E-state index in [4.69, 9.17) is 24.3 Å². The van der Waals surface area contributed by atoms with Crippen LogP contribution in [-0.2, 0) is 32.7 Å². The fraction of sp³-hybridized carbons (Fsp3) is 0.720. The highest BCUT2D eigenvalue weighted by molar-refractivity contribution is 7.47. The largest absolute Gasteiger partial charge is 0.472 e. The van der Waals surface area contributed by atoms with Crippen LogP contribution < -0.4 is 5.73 Å². The van der Waals surface area contributed by atoms with Gasteiger partial charge in [0, 0.05) is 19.4 Å². The molecule has 0 aliphatic carbocycles. The minimum atomic E-state index is -4.40. The van der Waals surface area contributed by atoms with Crippen molar-refractivity contribution in [1.82, 2.24) is 0 Å². The minimum absolute atomic E-state index is 0.0436. The molecule has 2 atom stereocenters. The molecule has 0 aliphatic heterocycles. The van der Waals surface area contributed by atoms with Crippen molar-refractivity contribution in [3.05, 3.63) is 72.9 Å². The van der Waals surface area contributed by atoms with Gasteiger partial charge in [-0.25, -0.2) is 4.57 Å². The van der Waals surface area contributed by atoms with Gasteiger partial charge in [0.05, 0.1) is 13.2 Å². The lowest BCUT2D eigenvalue weighted by Crippen LogP contribution is -2.29. The summed E-state index contributed by atoms with van der Waals surface area (Å²) in [4.78, 5) is 35.0. The first-order chi connectivity index (χ1) is 29.3. The number of esters is 2. The topological polar surface area (TPSA) is 134 Å². The van der Waals surface area contributed by atoms with Crippen LogP contribution in [0.5, 0.6) is 0 Å². The van der Waals surface area contributed by atoms with Gasteiger partial charge in [0.15, 0.2) is 6.10 Å². The SMILES string of the molecule is CC/C=C\C/C=C\C/C=C\C/C=C\C/C=C\C/C=C\CCCCC(=O)OC(COC(=O)CCCCCCCCCCCCCCCCCCCC)COP(=O)(O)OCCN. The van der Waals surface area contributed by atoms with Crippen molar-refractivity contribution in [2.75, 3.05) is 26.4 Å². The summed E-state index contributed by atoms with van der Waals surface area (Å²) in [6.45, 7) is 3.58. The molecule has 10 heteroatoms. The Morgan fingerprint density at radius 2 is 0.917 bits per heavy atom. The van der Waals surface area contributed by atoms with E-state index >= 15 is 0 Å². The van der Waals surface area contributed by atoms with Crippen molar-refractivity contribution in [3.63, 3.8) is 0 Å². The molecule has 0 rings (SSSR count). The van der Waals surface area contributed by atoms with Crippen molar-refractivity contribution in [2.45, 2.75) is 206 Å². The summed E-state index contributed by atoms with van der Waals surface area (Å²) < 4.78 is 32.8. The molecule has 0 saturated heterocycles. The van der Waals surface area contributed by atoms with E-state index in [0.717, 1.165) is 70.6 Å². The summed E-state index contributed by atoms with van der Waals surface area (Å²) in [5, 5.41) is 0. The molecular formula is C50H88NO8P. The second kappa shape index (κ2) is 46.0. The number of nitrogens with two attached hydrogens (primary N) is 1. The van der Waals surface area contributed by atoms with E-state index in [0.29, 0.717) is 6.42 Å². The zero-order valence-corrected chi connectivity index (χ0v) is 39.1. The van der Waals surface area contributed by atoms with Gasteiger partial charge in [0.25, 0.3) is 0 Å².